The summed E-state index contributed by atoms with van der Waals surface area (Å²) in [4.78, 5) is 2.78. The zero-order valence-electron chi connectivity index (χ0n) is 16.6. The smallest absolute Gasteiger partial charge is 0.266 e. The predicted molar refractivity (Wildman–Crippen MR) is 111 cm³/mol. The van der Waals surface area contributed by atoms with Crippen molar-refractivity contribution in [2.75, 3.05) is 25.0 Å². The number of hydrogen-bond acceptors (Lipinski definition) is 9. The van der Waals surface area contributed by atoms with E-state index < -0.39 is 44.6 Å². The van der Waals surface area contributed by atoms with Gasteiger partial charge in [-0.2, -0.15) is 4.37 Å². The van der Waals surface area contributed by atoms with Gasteiger partial charge in [-0.15, -0.1) is 0 Å². The number of hydrogen-bond donors (Lipinski definition) is 2. The number of ether oxygens (including phenoxy) is 3. The summed E-state index contributed by atoms with van der Waals surface area (Å²) < 4.78 is 76.2. The predicted octanol–water partition coefficient (Wildman–Crippen LogP) is 2.69. The van der Waals surface area contributed by atoms with Gasteiger partial charge in [0.15, 0.2) is 11.6 Å². The molecule has 0 saturated carbocycles. The summed E-state index contributed by atoms with van der Waals surface area (Å²) in [6, 6.07) is 7.86. The number of benzene rings is 2. The molecule has 32 heavy (non-hydrogen) atoms. The molecule has 0 aliphatic carbocycles. The molecule has 2 heterocycles. The van der Waals surface area contributed by atoms with Crippen LogP contribution in [0.15, 0.2) is 47.6 Å². The molecule has 2 aromatic carbocycles. The number of rotatable bonds is 7. The number of anilines is 1. The van der Waals surface area contributed by atoms with E-state index in [1.165, 1.54) is 0 Å². The molecule has 3 aromatic rings. The maximum atomic E-state index is 14.7. The summed E-state index contributed by atoms with van der Waals surface area (Å²) in [7, 11) is -2.87. The van der Waals surface area contributed by atoms with Crippen LogP contribution in [0.4, 0.5) is 13.9 Å². The van der Waals surface area contributed by atoms with Crippen molar-refractivity contribution in [3.8, 4) is 11.5 Å². The van der Waals surface area contributed by atoms with E-state index in [0.29, 0.717) is 31.0 Å². The van der Waals surface area contributed by atoms with Crippen LogP contribution >= 0.6 is 11.5 Å². The molecule has 9 nitrogen and oxygen atoms in total. The minimum absolute atomic E-state index is 0.0749. The van der Waals surface area contributed by atoms with Crippen molar-refractivity contribution in [1.29, 1.82) is 0 Å². The van der Waals surface area contributed by atoms with E-state index >= 15 is 0 Å². The first-order valence-electron chi connectivity index (χ1n) is 9.31. The summed E-state index contributed by atoms with van der Waals surface area (Å²) in [5.74, 6) is -2.07. The Hall–Kier alpha value is -2.87. The number of methoxy groups -OCH3 is 1. The number of nitrogens with zero attached hydrogens (tertiary/aromatic N) is 2. The van der Waals surface area contributed by atoms with Crippen molar-refractivity contribution >= 4 is 26.7 Å². The number of halogens is 2. The van der Waals surface area contributed by atoms with Crippen molar-refractivity contribution < 1.29 is 31.4 Å². The highest BCUT2D eigenvalue weighted by atomic mass is 32.2. The van der Waals surface area contributed by atoms with E-state index in [1.807, 2.05) is 4.72 Å². The Morgan fingerprint density at radius 3 is 2.69 bits per heavy atom. The van der Waals surface area contributed by atoms with Crippen molar-refractivity contribution in [2.24, 2.45) is 0 Å². The zero-order valence-corrected chi connectivity index (χ0v) is 18.3. The van der Waals surface area contributed by atoms with Crippen molar-refractivity contribution in [3.63, 3.8) is 0 Å². The lowest BCUT2D eigenvalue weighted by molar-refractivity contribution is -0.125. The fraction of sp³-hybridized carbons (Fsp3) is 0.263. The Morgan fingerprint density at radius 1 is 1.22 bits per heavy atom. The Kier molecular flexibility index (Phi) is 6.50. The summed E-state index contributed by atoms with van der Waals surface area (Å²) in [6.07, 6.45) is 0.154. The SMILES string of the molecule is COc1ccc(C2NCCOC2Oc2cc(F)c(S(=O)(=O)Nc3ncns3)cc2F)cc1. The molecule has 2 N–H and O–H groups in total. The van der Waals surface area contributed by atoms with E-state index in [9.17, 15) is 17.2 Å². The van der Waals surface area contributed by atoms with Crippen LogP contribution in [0, 0.1) is 11.6 Å². The lowest BCUT2D eigenvalue weighted by Crippen LogP contribution is -2.45. The number of morpholine rings is 1. The fourth-order valence-electron chi connectivity index (χ4n) is 3.09. The third-order valence-corrected chi connectivity index (χ3v) is 6.66. The van der Waals surface area contributed by atoms with Crippen LogP contribution in [0.1, 0.15) is 11.6 Å². The molecular weight excluding hydrogens is 466 g/mol. The van der Waals surface area contributed by atoms with Crippen LogP contribution in [0.25, 0.3) is 0 Å². The van der Waals surface area contributed by atoms with E-state index in [1.54, 1.807) is 31.4 Å². The molecule has 2 atom stereocenters. The largest absolute Gasteiger partial charge is 0.497 e. The van der Waals surface area contributed by atoms with E-state index in [2.05, 4.69) is 14.7 Å². The van der Waals surface area contributed by atoms with Crippen LogP contribution < -0.4 is 19.5 Å². The van der Waals surface area contributed by atoms with Crippen LogP contribution in [0.2, 0.25) is 0 Å². The van der Waals surface area contributed by atoms with Crippen LogP contribution in [-0.4, -0.2) is 44.3 Å². The van der Waals surface area contributed by atoms with Gasteiger partial charge in [-0.05, 0) is 17.7 Å². The average molecular weight is 485 g/mol. The third kappa shape index (κ3) is 4.80. The molecule has 1 fully saturated rings. The second-order valence-electron chi connectivity index (χ2n) is 6.63. The molecule has 0 amide bonds. The van der Waals surface area contributed by atoms with Crippen LogP contribution in [-0.2, 0) is 14.8 Å². The quantitative estimate of drug-likeness (QED) is 0.527. The van der Waals surface area contributed by atoms with Crippen LogP contribution in [0.3, 0.4) is 0 Å². The lowest BCUT2D eigenvalue weighted by Gasteiger charge is -2.33. The summed E-state index contributed by atoms with van der Waals surface area (Å²) in [6.45, 7) is 0.821. The summed E-state index contributed by atoms with van der Waals surface area (Å²) in [5, 5.41) is 3.14. The van der Waals surface area contributed by atoms with Crippen LogP contribution in [0.5, 0.6) is 11.5 Å². The van der Waals surface area contributed by atoms with Crippen molar-refractivity contribution in [2.45, 2.75) is 17.2 Å². The number of nitrogens with one attached hydrogen (secondary N) is 2. The van der Waals surface area contributed by atoms with Gasteiger partial charge in [-0.1, -0.05) is 12.1 Å². The molecule has 1 aliphatic heterocycles. The highest BCUT2D eigenvalue weighted by Gasteiger charge is 2.31. The Labute approximate surface area is 186 Å². The first-order valence-corrected chi connectivity index (χ1v) is 11.6. The molecular formula is C19H18F2N4O5S2. The average Bonchev–Trinajstić information content (AvgIpc) is 3.28. The monoisotopic (exact) mass is 484 g/mol. The Bertz CT molecular complexity index is 1180. The molecule has 13 heteroatoms. The summed E-state index contributed by atoms with van der Waals surface area (Å²) >= 11 is 0.758. The van der Waals surface area contributed by atoms with Crippen molar-refractivity contribution in [3.05, 3.63) is 59.9 Å². The topological polar surface area (TPSA) is 112 Å². The molecule has 1 aromatic heterocycles. The summed E-state index contributed by atoms with van der Waals surface area (Å²) in [5.41, 5.74) is 0.789. The second-order valence-corrected chi connectivity index (χ2v) is 9.06. The molecule has 1 aliphatic rings. The van der Waals surface area contributed by atoms with E-state index in [0.717, 1.165) is 23.4 Å². The highest BCUT2D eigenvalue weighted by Crippen LogP contribution is 2.31. The molecule has 0 spiro atoms. The Balaban J connectivity index is 1.57. The third-order valence-electron chi connectivity index (χ3n) is 4.60. The molecule has 0 bridgehead atoms. The van der Waals surface area contributed by atoms with Gasteiger partial charge in [0, 0.05) is 30.2 Å². The normalized spacial score (nSPS) is 18.8. The number of sulfonamides is 1. The minimum Gasteiger partial charge on any atom is -0.497 e. The zero-order chi connectivity index (χ0) is 22.7. The van der Waals surface area contributed by atoms with Gasteiger partial charge in [0.25, 0.3) is 10.0 Å². The molecule has 170 valence electrons. The highest BCUT2D eigenvalue weighted by molar-refractivity contribution is 7.93. The standard InChI is InChI=1S/C19H18F2N4O5S2/c1-28-12-4-2-11(3-5-12)17-18(29-7-6-22-17)30-15-8-14(21)16(9-13(15)20)32(26,27)25-19-23-10-24-31-19/h2-5,8-10,17-18,22H,6-7H2,1H3,(H,23,24,25). The van der Waals surface area contributed by atoms with E-state index in [-0.39, 0.29) is 5.13 Å². The van der Waals surface area contributed by atoms with Gasteiger partial charge in [0.1, 0.15) is 22.8 Å². The van der Waals surface area contributed by atoms with Gasteiger partial charge in [0.2, 0.25) is 11.4 Å². The number of aromatic nitrogens is 2. The van der Waals surface area contributed by atoms with Gasteiger partial charge < -0.3 is 19.5 Å². The van der Waals surface area contributed by atoms with Gasteiger partial charge in [-0.25, -0.2) is 22.2 Å². The maximum absolute atomic E-state index is 14.7. The van der Waals surface area contributed by atoms with E-state index in [4.69, 9.17) is 14.2 Å². The second kappa shape index (κ2) is 9.32. The fourth-order valence-corrected chi connectivity index (χ4v) is 4.82. The lowest BCUT2D eigenvalue weighted by atomic mass is 10.1. The molecule has 2 unspecified atom stereocenters. The molecule has 4 rings (SSSR count). The first kappa shape index (κ1) is 22.3. The minimum atomic E-state index is -4.41. The first-order chi connectivity index (χ1) is 15.4. The maximum Gasteiger partial charge on any atom is 0.266 e. The molecule has 0 radical (unpaired) electrons. The van der Waals surface area contributed by atoms with Gasteiger partial charge in [-0.3, -0.25) is 4.72 Å². The van der Waals surface area contributed by atoms with Crippen molar-refractivity contribution in [1.82, 2.24) is 14.7 Å². The van der Waals surface area contributed by atoms with Gasteiger partial charge >= 0.3 is 0 Å². The van der Waals surface area contributed by atoms with Gasteiger partial charge in [0.05, 0.1) is 19.8 Å². The Morgan fingerprint density at radius 2 is 2.00 bits per heavy atom. The molecule has 1 saturated heterocycles.